The van der Waals surface area contributed by atoms with Crippen LogP contribution in [0.4, 0.5) is 0 Å². The molecule has 0 bridgehead atoms. The Bertz CT molecular complexity index is 227. The highest BCUT2D eigenvalue weighted by Gasteiger charge is 2.13. The van der Waals surface area contributed by atoms with Gasteiger partial charge in [0.05, 0.1) is 6.61 Å². The maximum Gasteiger partial charge on any atom is 0.0528 e. The lowest BCUT2D eigenvalue weighted by Gasteiger charge is -2.22. The average Bonchev–Trinajstić information content (AvgIpc) is 2.28. The van der Waals surface area contributed by atoms with Crippen molar-refractivity contribution in [2.24, 2.45) is 17.8 Å². The van der Waals surface area contributed by atoms with Gasteiger partial charge in [-0.3, -0.25) is 0 Å². The Morgan fingerprint density at radius 2 is 2.12 bits per heavy atom. The first-order valence-corrected chi connectivity index (χ1v) is 7.08. The van der Waals surface area contributed by atoms with Gasteiger partial charge in [-0.2, -0.15) is 0 Å². The number of ether oxygens (including phenoxy) is 1. The molecule has 2 heteroatoms. The van der Waals surface area contributed by atoms with E-state index in [9.17, 15) is 0 Å². The zero-order valence-corrected chi connectivity index (χ0v) is 12.0. The van der Waals surface area contributed by atoms with Crippen molar-refractivity contribution in [3.05, 3.63) is 11.6 Å². The van der Waals surface area contributed by atoms with E-state index in [-0.39, 0.29) is 0 Å². The van der Waals surface area contributed by atoms with Gasteiger partial charge < -0.3 is 10.1 Å². The first kappa shape index (κ1) is 14.7. The molecular weight excluding hydrogens is 210 g/mol. The van der Waals surface area contributed by atoms with Crippen molar-refractivity contribution < 1.29 is 4.74 Å². The fraction of sp³-hybridized carbons (Fsp3) is 0.867. The Morgan fingerprint density at radius 3 is 2.65 bits per heavy atom. The lowest BCUT2D eigenvalue weighted by atomic mass is 9.94. The lowest BCUT2D eigenvalue weighted by Crippen LogP contribution is -2.25. The van der Waals surface area contributed by atoms with E-state index in [1.165, 1.54) is 12.8 Å². The molecule has 1 N–H and O–H groups in total. The summed E-state index contributed by atoms with van der Waals surface area (Å²) in [5.41, 5.74) is 1.54. The van der Waals surface area contributed by atoms with Gasteiger partial charge in [-0.15, -0.1) is 0 Å². The highest BCUT2D eigenvalue weighted by Crippen LogP contribution is 2.19. The van der Waals surface area contributed by atoms with E-state index in [4.69, 9.17) is 4.74 Å². The molecule has 0 aromatic heterocycles. The van der Waals surface area contributed by atoms with Crippen LogP contribution < -0.4 is 5.32 Å². The fourth-order valence-corrected chi connectivity index (χ4v) is 2.16. The van der Waals surface area contributed by atoms with Gasteiger partial charge in [-0.05, 0) is 31.2 Å². The number of hydrogen-bond donors (Lipinski definition) is 1. The molecule has 2 nitrogen and oxygen atoms in total. The molecule has 0 radical (unpaired) electrons. The molecule has 0 aliphatic carbocycles. The SMILES string of the molecule is CC(C)CNC/C(=C\C1CCCOC1)C(C)C. The lowest BCUT2D eigenvalue weighted by molar-refractivity contribution is 0.0706. The Balaban J connectivity index is 2.42. The third-order valence-corrected chi connectivity index (χ3v) is 3.27. The normalized spacial score (nSPS) is 22.5. The Morgan fingerprint density at radius 1 is 1.35 bits per heavy atom. The van der Waals surface area contributed by atoms with Crippen LogP contribution in [0.1, 0.15) is 40.5 Å². The molecular formula is C15H29NO. The van der Waals surface area contributed by atoms with E-state index in [0.29, 0.717) is 11.8 Å². The summed E-state index contributed by atoms with van der Waals surface area (Å²) in [5.74, 6) is 2.00. The standard InChI is InChI=1S/C15H29NO/c1-12(2)9-16-10-15(13(3)4)8-14-6-5-7-17-11-14/h8,12-14,16H,5-7,9-11H2,1-4H3/b15-8+. The van der Waals surface area contributed by atoms with E-state index in [2.05, 4.69) is 39.1 Å². The second-order valence-corrected chi connectivity index (χ2v) is 5.90. The molecule has 0 aromatic carbocycles. The van der Waals surface area contributed by atoms with Crippen molar-refractivity contribution in [2.75, 3.05) is 26.3 Å². The van der Waals surface area contributed by atoms with E-state index < -0.39 is 0 Å². The predicted octanol–water partition coefficient (Wildman–Crippen LogP) is 3.24. The molecule has 1 heterocycles. The third-order valence-electron chi connectivity index (χ3n) is 3.27. The smallest absolute Gasteiger partial charge is 0.0528 e. The molecule has 0 saturated carbocycles. The molecule has 0 amide bonds. The van der Waals surface area contributed by atoms with Gasteiger partial charge >= 0.3 is 0 Å². The monoisotopic (exact) mass is 239 g/mol. The van der Waals surface area contributed by atoms with Crippen LogP contribution in [0.15, 0.2) is 11.6 Å². The largest absolute Gasteiger partial charge is 0.381 e. The van der Waals surface area contributed by atoms with Crippen molar-refractivity contribution in [3.8, 4) is 0 Å². The number of rotatable bonds is 6. The van der Waals surface area contributed by atoms with E-state index >= 15 is 0 Å². The minimum atomic E-state index is 0.636. The van der Waals surface area contributed by atoms with Crippen LogP contribution in [0.25, 0.3) is 0 Å². The zero-order chi connectivity index (χ0) is 12.7. The topological polar surface area (TPSA) is 21.3 Å². The third kappa shape index (κ3) is 6.23. The number of nitrogens with one attached hydrogen (secondary N) is 1. The van der Waals surface area contributed by atoms with Gasteiger partial charge in [0.2, 0.25) is 0 Å². The minimum Gasteiger partial charge on any atom is -0.381 e. The Labute approximate surface area is 107 Å². The maximum atomic E-state index is 5.54. The summed E-state index contributed by atoms with van der Waals surface area (Å²) >= 11 is 0. The number of hydrogen-bond acceptors (Lipinski definition) is 2. The summed E-state index contributed by atoms with van der Waals surface area (Å²) in [5, 5.41) is 3.55. The van der Waals surface area contributed by atoms with Crippen LogP contribution >= 0.6 is 0 Å². The molecule has 0 aromatic rings. The molecule has 1 aliphatic heterocycles. The summed E-state index contributed by atoms with van der Waals surface area (Å²) < 4.78 is 5.54. The van der Waals surface area contributed by atoms with Gasteiger partial charge in [0, 0.05) is 19.1 Å². The second kappa shape index (κ2) is 7.88. The van der Waals surface area contributed by atoms with Gasteiger partial charge in [-0.1, -0.05) is 39.3 Å². The minimum absolute atomic E-state index is 0.636. The first-order valence-electron chi connectivity index (χ1n) is 7.08. The predicted molar refractivity (Wildman–Crippen MR) is 74.2 cm³/mol. The highest BCUT2D eigenvalue weighted by atomic mass is 16.5. The van der Waals surface area contributed by atoms with Crippen molar-refractivity contribution in [1.29, 1.82) is 0 Å². The van der Waals surface area contributed by atoms with Crippen LogP contribution in [-0.4, -0.2) is 26.3 Å². The van der Waals surface area contributed by atoms with Crippen LogP contribution in [0.5, 0.6) is 0 Å². The van der Waals surface area contributed by atoms with Crippen molar-refractivity contribution >= 4 is 0 Å². The summed E-state index contributed by atoms with van der Waals surface area (Å²) in [4.78, 5) is 0. The first-order chi connectivity index (χ1) is 8.09. The van der Waals surface area contributed by atoms with Crippen molar-refractivity contribution in [3.63, 3.8) is 0 Å². The molecule has 1 fully saturated rings. The van der Waals surface area contributed by atoms with Crippen molar-refractivity contribution in [2.45, 2.75) is 40.5 Å². The molecule has 100 valence electrons. The van der Waals surface area contributed by atoms with E-state index in [1.54, 1.807) is 5.57 Å². The molecule has 1 rings (SSSR count). The summed E-state index contributed by atoms with van der Waals surface area (Å²) in [6, 6.07) is 0. The van der Waals surface area contributed by atoms with Gasteiger partial charge in [-0.25, -0.2) is 0 Å². The van der Waals surface area contributed by atoms with Gasteiger partial charge in [0.25, 0.3) is 0 Å². The molecule has 17 heavy (non-hydrogen) atoms. The van der Waals surface area contributed by atoms with Gasteiger partial charge in [0.1, 0.15) is 0 Å². The van der Waals surface area contributed by atoms with Crippen LogP contribution in [0, 0.1) is 17.8 Å². The Kier molecular flexibility index (Phi) is 6.83. The average molecular weight is 239 g/mol. The molecule has 0 spiro atoms. The van der Waals surface area contributed by atoms with E-state index in [0.717, 1.165) is 32.2 Å². The van der Waals surface area contributed by atoms with Crippen LogP contribution in [-0.2, 0) is 4.74 Å². The van der Waals surface area contributed by atoms with Gasteiger partial charge in [0.15, 0.2) is 0 Å². The molecule has 1 saturated heterocycles. The Hall–Kier alpha value is -0.340. The summed E-state index contributed by atoms with van der Waals surface area (Å²) in [6.07, 6.45) is 4.96. The molecule has 1 aliphatic rings. The fourth-order valence-electron chi connectivity index (χ4n) is 2.16. The molecule has 1 atom stereocenters. The van der Waals surface area contributed by atoms with Crippen molar-refractivity contribution in [1.82, 2.24) is 5.32 Å². The zero-order valence-electron chi connectivity index (χ0n) is 12.0. The summed E-state index contributed by atoms with van der Waals surface area (Å²) in [6.45, 7) is 13.1. The highest BCUT2D eigenvalue weighted by molar-refractivity contribution is 5.09. The van der Waals surface area contributed by atoms with Crippen LogP contribution in [0.2, 0.25) is 0 Å². The van der Waals surface area contributed by atoms with Crippen LogP contribution in [0.3, 0.4) is 0 Å². The van der Waals surface area contributed by atoms with E-state index in [1.807, 2.05) is 0 Å². The second-order valence-electron chi connectivity index (χ2n) is 5.90. The molecule has 1 unspecified atom stereocenters. The maximum absolute atomic E-state index is 5.54. The summed E-state index contributed by atoms with van der Waals surface area (Å²) in [7, 11) is 0. The quantitative estimate of drug-likeness (QED) is 0.718.